The second-order valence-corrected chi connectivity index (χ2v) is 4.65. The predicted octanol–water partition coefficient (Wildman–Crippen LogP) is 2.88. The van der Waals surface area contributed by atoms with Crippen LogP contribution in [0.25, 0.3) is 0 Å². The van der Waals surface area contributed by atoms with Gasteiger partial charge in [0.25, 0.3) is 0 Å². The minimum atomic E-state index is -0.344. The van der Waals surface area contributed by atoms with Gasteiger partial charge in [0.1, 0.15) is 18.0 Å². The van der Waals surface area contributed by atoms with Crippen LogP contribution in [0.1, 0.15) is 30.8 Å². The summed E-state index contributed by atoms with van der Waals surface area (Å²) in [5, 5.41) is 10.0. The molecule has 1 heterocycles. The molecule has 0 saturated carbocycles. The van der Waals surface area contributed by atoms with E-state index in [0.29, 0.717) is 12.1 Å². The van der Waals surface area contributed by atoms with Crippen molar-refractivity contribution in [2.45, 2.75) is 25.8 Å². The van der Waals surface area contributed by atoms with E-state index in [0.717, 1.165) is 18.7 Å². The van der Waals surface area contributed by atoms with Crippen molar-refractivity contribution in [3.8, 4) is 0 Å². The molecule has 0 radical (unpaired) electrons. The first kappa shape index (κ1) is 14.0. The van der Waals surface area contributed by atoms with Crippen LogP contribution in [0, 0.1) is 5.82 Å². The van der Waals surface area contributed by atoms with Crippen molar-refractivity contribution in [2.75, 3.05) is 6.54 Å². The standard InChI is InChI=1S/C13H16ClFN4/c1-2-11(9-4-3-5-10(14)13(9)15)16-7-6-12-17-8-18-19-12/h3-5,8,11,16H,2,6-7H2,1H3,(H,17,18,19)/t11-/m1/s1. The molecule has 4 nitrogen and oxygen atoms in total. The Balaban J connectivity index is 1.98. The molecule has 0 fully saturated rings. The highest BCUT2D eigenvalue weighted by atomic mass is 35.5. The quantitative estimate of drug-likeness (QED) is 0.856. The molecular weight excluding hydrogens is 267 g/mol. The Kier molecular flexibility index (Phi) is 4.87. The molecule has 0 aliphatic rings. The van der Waals surface area contributed by atoms with Gasteiger partial charge in [0.2, 0.25) is 0 Å². The van der Waals surface area contributed by atoms with Gasteiger partial charge < -0.3 is 5.32 Å². The predicted molar refractivity (Wildman–Crippen MR) is 72.5 cm³/mol. The highest BCUT2D eigenvalue weighted by molar-refractivity contribution is 6.30. The minimum absolute atomic E-state index is 0.0541. The van der Waals surface area contributed by atoms with Gasteiger partial charge in [0.05, 0.1) is 5.02 Å². The van der Waals surface area contributed by atoms with Gasteiger partial charge in [0.15, 0.2) is 0 Å². The summed E-state index contributed by atoms with van der Waals surface area (Å²) >= 11 is 5.80. The first-order chi connectivity index (χ1) is 9.22. The van der Waals surface area contributed by atoms with Crippen LogP contribution >= 0.6 is 11.6 Å². The summed E-state index contributed by atoms with van der Waals surface area (Å²) in [7, 11) is 0. The third-order valence-corrected chi connectivity index (χ3v) is 3.27. The number of aromatic amines is 1. The topological polar surface area (TPSA) is 53.6 Å². The summed E-state index contributed by atoms with van der Waals surface area (Å²) in [5.41, 5.74) is 0.604. The lowest BCUT2D eigenvalue weighted by Crippen LogP contribution is -2.24. The maximum absolute atomic E-state index is 13.9. The Hall–Kier alpha value is -1.46. The SMILES string of the molecule is CC[C@@H](NCCc1ncn[nH]1)c1cccc(Cl)c1F. The molecule has 0 spiro atoms. The average molecular weight is 283 g/mol. The number of halogens is 2. The second kappa shape index (κ2) is 6.63. The van der Waals surface area contributed by atoms with Crippen molar-refractivity contribution in [3.63, 3.8) is 0 Å². The number of benzene rings is 1. The fraction of sp³-hybridized carbons (Fsp3) is 0.385. The molecular formula is C13H16ClFN4. The molecule has 2 rings (SSSR count). The van der Waals surface area contributed by atoms with Gasteiger partial charge in [-0.25, -0.2) is 9.37 Å². The van der Waals surface area contributed by atoms with Gasteiger partial charge in [-0.3, -0.25) is 5.10 Å². The Morgan fingerprint density at radius 3 is 3.00 bits per heavy atom. The zero-order chi connectivity index (χ0) is 13.7. The van der Waals surface area contributed by atoms with E-state index in [4.69, 9.17) is 11.6 Å². The van der Waals surface area contributed by atoms with E-state index in [-0.39, 0.29) is 16.9 Å². The number of H-pyrrole nitrogens is 1. The third-order valence-electron chi connectivity index (χ3n) is 2.98. The number of nitrogens with zero attached hydrogens (tertiary/aromatic N) is 2. The van der Waals surface area contributed by atoms with Crippen LogP contribution in [0.4, 0.5) is 4.39 Å². The summed E-state index contributed by atoms with van der Waals surface area (Å²) in [6.07, 6.45) is 2.98. The normalized spacial score (nSPS) is 12.6. The smallest absolute Gasteiger partial charge is 0.146 e. The Bertz CT molecular complexity index is 515. The van der Waals surface area contributed by atoms with Gasteiger partial charge in [0, 0.05) is 24.6 Å². The second-order valence-electron chi connectivity index (χ2n) is 4.24. The Morgan fingerprint density at radius 2 is 2.32 bits per heavy atom. The first-order valence-electron chi connectivity index (χ1n) is 6.24. The van der Waals surface area contributed by atoms with E-state index in [1.54, 1.807) is 18.2 Å². The molecule has 0 unspecified atom stereocenters. The lowest BCUT2D eigenvalue weighted by molar-refractivity contribution is 0.489. The maximum Gasteiger partial charge on any atom is 0.146 e. The number of nitrogens with one attached hydrogen (secondary N) is 2. The largest absolute Gasteiger partial charge is 0.309 e. The number of hydrogen-bond acceptors (Lipinski definition) is 3. The van der Waals surface area contributed by atoms with Crippen molar-refractivity contribution in [2.24, 2.45) is 0 Å². The van der Waals surface area contributed by atoms with Crippen LogP contribution in [-0.4, -0.2) is 21.7 Å². The molecule has 102 valence electrons. The zero-order valence-electron chi connectivity index (χ0n) is 10.7. The van der Waals surface area contributed by atoms with E-state index in [9.17, 15) is 4.39 Å². The number of hydrogen-bond donors (Lipinski definition) is 2. The highest BCUT2D eigenvalue weighted by Gasteiger charge is 2.15. The third kappa shape index (κ3) is 3.52. The Morgan fingerprint density at radius 1 is 1.47 bits per heavy atom. The summed E-state index contributed by atoms with van der Waals surface area (Å²) in [4.78, 5) is 4.04. The van der Waals surface area contributed by atoms with Gasteiger partial charge in [-0.1, -0.05) is 30.7 Å². The molecule has 1 aromatic heterocycles. The van der Waals surface area contributed by atoms with E-state index >= 15 is 0 Å². The van der Waals surface area contributed by atoms with E-state index in [1.165, 1.54) is 6.33 Å². The summed E-state index contributed by atoms with van der Waals surface area (Å²) in [5.74, 6) is 0.470. The van der Waals surface area contributed by atoms with Gasteiger partial charge in [-0.15, -0.1) is 0 Å². The fourth-order valence-corrected chi connectivity index (χ4v) is 2.16. The first-order valence-corrected chi connectivity index (χ1v) is 6.61. The van der Waals surface area contributed by atoms with Crippen LogP contribution in [0.5, 0.6) is 0 Å². The van der Waals surface area contributed by atoms with Crippen molar-refractivity contribution in [1.29, 1.82) is 0 Å². The summed E-state index contributed by atoms with van der Waals surface area (Å²) in [6, 6.07) is 5.03. The molecule has 0 aliphatic carbocycles. The van der Waals surface area contributed by atoms with Crippen LogP contribution in [0.15, 0.2) is 24.5 Å². The molecule has 19 heavy (non-hydrogen) atoms. The highest BCUT2D eigenvalue weighted by Crippen LogP contribution is 2.25. The Labute approximate surface area is 116 Å². The molecule has 1 aromatic carbocycles. The molecule has 0 amide bonds. The average Bonchev–Trinajstić information content (AvgIpc) is 2.92. The van der Waals surface area contributed by atoms with E-state index in [1.807, 2.05) is 6.92 Å². The van der Waals surface area contributed by atoms with E-state index in [2.05, 4.69) is 20.5 Å². The van der Waals surface area contributed by atoms with Crippen molar-refractivity contribution in [1.82, 2.24) is 20.5 Å². The summed E-state index contributed by atoms with van der Waals surface area (Å²) < 4.78 is 13.9. The van der Waals surface area contributed by atoms with Crippen LogP contribution in [-0.2, 0) is 6.42 Å². The lowest BCUT2D eigenvalue weighted by Gasteiger charge is -2.18. The molecule has 0 saturated heterocycles. The van der Waals surface area contributed by atoms with E-state index < -0.39 is 0 Å². The van der Waals surface area contributed by atoms with Crippen LogP contribution in [0.3, 0.4) is 0 Å². The van der Waals surface area contributed by atoms with Crippen molar-refractivity contribution >= 4 is 11.6 Å². The molecule has 0 bridgehead atoms. The van der Waals surface area contributed by atoms with Crippen molar-refractivity contribution in [3.05, 3.63) is 46.8 Å². The molecule has 0 aliphatic heterocycles. The van der Waals surface area contributed by atoms with Gasteiger partial charge in [-0.05, 0) is 12.5 Å². The van der Waals surface area contributed by atoms with Crippen LogP contribution in [0.2, 0.25) is 5.02 Å². The zero-order valence-corrected chi connectivity index (χ0v) is 11.4. The molecule has 2 aromatic rings. The minimum Gasteiger partial charge on any atom is -0.309 e. The van der Waals surface area contributed by atoms with Crippen LogP contribution < -0.4 is 5.32 Å². The number of aromatic nitrogens is 3. The fourth-order valence-electron chi connectivity index (χ4n) is 1.98. The molecule has 6 heteroatoms. The van der Waals surface area contributed by atoms with Gasteiger partial charge in [-0.2, -0.15) is 5.10 Å². The van der Waals surface area contributed by atoms with Crippen molar-refractivity contribution < 1.29 is 4.39 Å². The monoisotopic (exact) mass is 282 g/mol. The lowest BCUT2D eigenvalue weighted by atomic mass is 10.0. The summed E-state index contributed by atoms with van der Waals surface area (Å²) in [6.45, 7) is 2.70. The molecule has 1 atom stereocenters. The molecule has 2 N–H and O–H groups in total. The maximum atomic E-state index is 13.9. The van der Waals surface area contributed by atoms with Gasteiger partial charge >= 0.3 is 0 Å². The number of rotatable bonds is 6.